The van der Waals surface area contributed by atoms with Crippen molar-refractivity contribution in [2.45, 2.75) is 38.9 Å². The molecule has 2 aliphatic heterocycles. The van der Waals surface area contributed by atoms with Crippen LogP contribution in [0.4, 0.5) is 8.78 Å². The van der Waals surface area contributed by atoms with E-state index in [4.69, 9.17) is 7.48 Å². The van der Waals surface area contributed by atoms with E-state index in [0.29, 0.717) is 27.8 Å². The number of rotatable bonds is 8. The van der Waals surface area contributed by atoms with Gasteiger partial charge in [-0.3, -0.25) is 19.4 Å². The molecule has 4 aromatic rings. The molecule has 0 atom stereocenters. The van der Waals surface area contributed by atoms with Crippen molar-refractivity contribution >= 4 is 16.8 Å². The molecular weight excluding hydrogens is 488 g/mol. The zero-order valence-corrected chi connectivity index (χ0v) is 21.2. The lowest BCUT2D eigenvalue weighted by molar-refractivity contribution is 0.0202. The molecule has 1 saturated heterocycles. The lowest BCUT2D eigenvalue weighted by atomic mass is 9.99. The first kappa shape index (κ1) is 22.2. The van der Waals surface area contributed by atoms with Crippen LogP contribution in [0.15, 0.2) is 48.8 Å². The van der Waals surface area contributed by atoms with Gasteiger partial charge >= 0.3 is 0 Å². The Morgan fingerprint density at radius 3 is 2.68 bits per heavy atom. The third-order valence-electron chi connectivity index (χ3n) is 7.09. The van der Waals surface area contributed by atoms with E-state index in [1.807, 2.05) is 0 Å². The highest BCUT2D eigenvalue weighted by Crippen LogP contribution is 2.36. The number of aromatic nitrogens is 3. The molecule has 2 aromatic carbocycles. The molecule has 0 aliphatic carbocycles. The number of fused-ring (bicyclic) bond motifs is 2. The smallest absolute Gasteiger partial charge is 0.256 e. The van der Waals surface area contributed by atoms with E-state index in [0.717, 1.165) is 37.4 Å². The van der Waals surface area contributed by atoms with Crippen LogP contribution in [-0.2, 0) is 20.1 Å². The predicted molar refractivity (Wildman–Crippen MR) is 140 cm³/mol. The fourth-order valence-electron chi connectivity index (χ4n) is 5.05. The number of carbonyl (C=O) groups excluding carboxylic acids is 1. The number of nitrogens with zero attached hydrogens (tertiary/aromatic N) is 5. The largest absolute Gasteiger partial charge is 0.485 e. The fourth-order valence-corrected chi connectivity index (χ4v) is 5.05. The van der Waals surface area contributed by atoms with E-state index >= 15 is 8.78 Å². The molecule has 0 saturated carbocycles. The van der Waals surface area contributed by atoms with Gasteiger partial charge in [0.15, 0.2) is 0 Å². The Labute approximate surface area is 222 Å². The number of hydrogen-bond donors (Lipinski definition) is 0. The summed E-state index contributed by atoms with van der Waals surface area (Å²) < 4.78 is 55.5. The second-order valence-corrected chi connectivity index (χ2v) is 9.85. The van der Waals surface area contributed by atoms with Gasteiger partial charge in [-0.2, -0.15) is 5.10 Å². The molecule has 0 N–H and O–H groups in total. The van der Waals surface area contributed by atoms with Gasteiger partial charge in [-0.05, 0) is 60.5 Å². The molecule has 4 heterocycles. The first-order valence-electron chi connectivity index (χ1n) is 13.8. The molecule has 0 spiro atoms. The summed E-state index contributed by atoms with van der Waals surface area (Å²) >= 11 is 0. The van der Waals surface area contributed by atoms with Gasteiger partial charge in [0.1, 0.15) is 29.0 Å². The predicted octanol–water partition coefficient (Wildman–Crippen LogP) is 4.93. The number of benzene rings is 2. The average molecular weight is 520 g/mol. The minimum atomic E-state index is -2.30. The molecule has 7 nitrogen and oxygen atoms in total. The quantitative estimate of drug-likeness (QED) is 0.330. The summed E-state index contributed by atoms with van der Waals surface area (Å²) in [5.41, 5.74) is 1.13. The molecule has 196 valence electrons. The van der Waals surface area contributed by atoms with Crippen LogP contribution < -0.4 is 4.74 Å². The summed E-state index contributed by atoms with van der Waals surface area (Å²) in [6, 6.07) is 8.95. The van der Waals surface area contributed by atoms with E-state index in [2.05, 4.69) is 21.9 Å². The maximum atomic E-state index is 15.4. The Morgan fingerprint density at radius 2 is 1.95 bits per heavy atom. The van der Waals surface area contributed by atoms with Crippen molar-refractivity contribution in [1.29, 1.82) is 0 Å². The van der Waals surface area contributed by atoms with Crippen molar-refractivity contribution in [2.75, 3.05) is 19.6 Å². The lowest BCUT2D eigenvalue weighted by Crippen LogP contribution is -2.53. The Hall–Kier alpha value is -3.85. The number of unbranched alkanes of at least 4 members (excludes halogenated alkanes) is 1. The van der Waals surface area contributed by atoms with Crippen LogP contribution in [-0.4, -0.2) is 56.2 Å². The van der Waals surface area contributed by atoms with Gasteiger partial charge in [0.2, 0.25) is 0 Å². The standard InChI is InChI=1S/C29H29F2N5O2/c1-3-4-10-35-13-19(14-35)38-27-8-7-20(22-15-34(2)33-28(22)27)18-11-24(30)23(25(31)12-18)16-36-17-26-21(29(36)37)6-5-9-32-26/h5-9,11-12,15,19H,3-4,10,13-14,16-17H2,1-2H3/i17D2. The average Bonchev–Trinajstić information content (AvgIpc) is 3.38. The molecule has 1 amide bonds. The molecule has 38 heavy (non-hydrogen) atoms. The normalized spacial score (nSPS) is 17.9. The summed E-state index contributed by atoms with van der Waals surface area (Å²) in [6.45, 7) is 2.06. The minimum Gasteiger partial charge on any atom is -0.485 e. The topological polar surface area (TPSA) is 63.5 Å². The molecule has 0 unspecified atom stereocenters. The van der Waals surface area contributed by atoms with E-state index in [1.54, 1.807) is 30.1 Å². The third kappa shape index (κ3) is 4.41. The van der Waals surface area contributed by atoms with Gasteiger partial charge in [0, 0.05) is 43.5 Å². The fraction of sp³-hybridized carbons (Fsp3) is 0.345. The van der Waals surface area contributed by atoms with Crippen LogP contribution in [0.25, 0.3) is 22.0 Å². The molecule has 0 radical (unpaired) electrons. The van der Waals surface area contributed by atoms with E-state index in [9.17, 15) is 4.79 Å². The van der Waals surface area contributed by atoms with E-state index in [1.165, 1.54) is 30.5 Å². The highest BCUT2D eigenvalue weighted by Gasteiger charge is 2.31. The number of amides is 1. The summed E-state index contributed by atoms with van der Waals surface area (Å²) in [7, 11) is 1.78. The second-order valence-electron chi connectivity index (χ2n) is 9.85. The van der Waals surface area contributed by atoms with Crippen LogP contribution in [0, 0.1) is 11.6 Å². The van der Waals surface area contributed by atoms with Gasteiger partial charge in [0.25, 0.3) is 5.91 Å². The first-order valence-corrected chi connectivity index (χ1v) is 12.8. The summed E-state index contributed by atoms with van der Waals surface area (Å²) in [5.74, 6) is -1.79. The second kappa shape index (κ2) is 9.79. The Kier molecular flexibility index (Phi) is 5.71. The van der Waals surface area contributed by atoms with Crippen molar-refractivity contribution in [3.8, 4) is 16.9 Å². The van der Waals surface area contributed by atoms with Gasteiger partial charge < -0.3 is 9.64 Å². The maximum Gasteiger partial charge on any atom is 0.256 e. The van der Waals surface area contributed by atoms with Gasteiger partial charge in [0.05, 0.1) is 27.0 Å². The van der Waals surface area contributed by atoms with E-state index in [-0.39, 0.29) is 17.4 Å². The van der Waals surface area contributed by atoms with Crippen molar-refractivity contribution in [1.82, 2.24) is 24.6 Å². The highest BCUT2D eigenvalue weighted by atomic mass is 19.1. The monoisotopic (exact) mass is 519 g/mol. The molecule has 6 rings (SSSR count). The molecule has 2 aliphatic rings. The SMILES string of the molecule is [2H]C1([2H])c2ncccc2C(=O)N1Cc1c(F)cc(-c2ccc(OC3CN(CCCC)C3)c3nn(C)cc23)cc1F. The molecule has 2 aromatic heterocycles. The van der Waals surface area contributed by atoms with Gasteiger partial charge in [-0.1, -0.05) is 13.3 Å². The van der Waals surface area contributed by atoms with Crippen LogP contribution >= 0.6 is 0 Å². The van der Waals surface area contributed by atoms with Crippen molar-refractivity contribution < 1.29 is 21.1 Å². The Balaban J connectivity index is 1.27. The van der Waals surface area contributed by atoms with E-state index < -0.39 is 36.1 Å². The van der Waals surface area contributed by atoms with Crippen LogP contribution in [0.2, 0.25) is 0 Å². The number of ether oxygens (including phenoxy) is 1. The molecular formula is C29H29F2N5O2. The highest BCUT2D eigenvalue weighted by molar-refractivity contribution is 5.98. The van der Waals surface area contributed by atoms with Gasteiger partial charge in [-0.25, -0.2) is 8.78 Å². The number of carbonyl (C=O) groups is 1. The molecule has 0 bridgehead atoms. The third-order valence-corrected chi connectivity index (χ3v) is 7.09. The Morgan fingerprint density at radius 1 is 1.16 bits per heavy atom. The zero-order chi connectivity index (χ0) is 28.2. The van der Waals surface area contributed by atoms with Crippen molar-refractivity contribution in [3.63, 3.8) is 0 Å². The lowest BCUT2D eigenvalue weighted by Gasteiger charge is -2.39. The van der Waals surface area contributed by atoms with Crippen LogP contribution in [0.1, 0.15) is 44.1 Å². The van der Waals surface area contributed by atoms with Crippen molar-refractivity contribution in [3.05, 3.63) is 77.2 Å². The number of likely N-dealkylation sites (tertiary alicyclic amines) is 1. The molecule has 1 fully saturated rings. The number of halogens is 2. The molecule has 9 heteroatoms. The van der Waals surface area contributed by atoms with Crippen LogP contribution in [0.5, 0.6) is 5.75 Å². The van der Waals surface area contributed by atoms with Crippen LogP contribution in [0.3, 0.4) is 0 Å². The summed E-state index contributed by atoms with van der Waals surface area (Å²) in [6.07, 6.45) is 5.55. The minimum absolute atomic E-state index is 0.0608. The number of aryl methyl sites for hydroxylation is 1. The number of hydrogen-bond acceptors (Lipinski definition) is 5. The zero-order valence-electron chi connectivity index (χ0n) is 23.2. The first-order chi connectivity index (χ1) is 19.2. The van der Waals surface area contributed by atoms with Gasteiger partial charge in [-0.15, -0.1) is 0 Å². The van der Waals surface area contributed by atoms with Crippen molar-refractivity contribution in [2.24, 2.45) is 7.05 Å². The maximum absolute atomic E-state index is 15.4. The Bertz CT molecular complexity index is 1600. The number of pyridine rings is 1. The summed E-state index contributed by atoms with van der Waals surface area (Å²) in [5, 5.41) is 5.25. The summed E-state index contributed by atoms with van der Waals surface area (Å²) in [4.78, 5) is 20.0.